The molecule has 0 unspecified atom stereocenters. The van der Waals surface area contributed by atoms with Crippen LogP contribution in [-0.4, -0.2) is 54.6 Å². The number of carbonyl (C=O) groups is 2. The lowest BCUT2D eigenvalue weighted by atomic mass is 10.1. The number of amides is 2. The van der Waals surface area contributed by atoms with Crippen molar-refractivity contribution in [2.45, 2.75) is 50.2 Å². The van der Waals surface area contributed by atoms with Gasteiger partial charge < -0.3 is 10.2 Å². The second kappa shape index (κ2) is 9.03. The third kappa shape index (κ3) is 4.42. The Morgan fingerprint density at radius 2 is 1.78 bits per heavy atom. The molecule has 0 aromatic heterocycles. The van der Waals surface area contributed by atoms with Crippen LogP contribution < -0.4 is 5.32 Å². The normalized spacial score (nSPS) is 24.1. The summed E-state index contributed by atoms with van der Waals surface area (Å²) in [5, 5.41) is 2.97. The Morgan fingerprint density at radius 3 is 2.47 bits per heavy atom. The van der Waals surface area contributed by atoms with E-state index >= 15 is 0 Å². The summed E-state index contributed by atoms with van der Waals surface area (Å²) < 4.78 is 27.6. The fraction of sp³-hybridized carbons (Fsp3) is 0.417. The van der Waals surface area contributed by atoms with Crippen LogP contribution in [0.1, 0.15) is 30.9 Å². The average molecular weight is 456 g/mol. The Morgan fingerprint density at radius 1 is 1.09 bits per heavy atom. The van der Waals surface area contributed by atoms with Crippen molar-refractivity contribution in [3.63, 3.8) is 0 Å². The molecule has 0 saturated carbocycles. The molecule has 0 aliphatic carbocycles. The number of rotatable bonds is 6. The van der Waals surface area contributed by atoms with Gasteiger partial charge in [0, 0.05) is 19.6 Å². The number of benzene rings is 2. The van der Waals surface area contributed by atoms with E-state index in [1.165, 1.54) is 4.31 Å². The van der Waals surface area contributed by atoms with Gasteiger partial charge in [-0.25, -0.2) is 8.42 Å². The van der Waals surface area contributed by atoms with Crippen molar-refractivity contribution in [1.82, 2.24) is 14.5 Å². The standard InChI is InChI=1S/C24H29N3O4S/c1-17-10-12-20(13-11-17)32(30,31)27-14-6-9-22(27)23(28)25-21-16-26(24(29)18(21)2)15-19-7-4-3-5-8-19/h3-5,7-8,10-13,18,21-22H,6,9,14-16H2,1-2H3,(H,25,28)/t18-,21-,22-/m0/s1. The molecule has 2 fully saturated rings. The van der Waals surface area contributed by atoms with E-state index in [4.69, 9.17) is 0 Å². The molecule has 2 aliphatic heterocycles. The van der Waals surface area contributed by atoms with Crippen molar-refractivity contribution in [3.8, 4) is 0 Å². The molecule has 0 spiro atoms. The number of nitrogens with one attached hydrogen (secondary N) is 1. The Labute approximate surface area is 189 Å². The van der Waals surface area contributed by atoms with Gasteiger partial charge in [-0.2, -0.15) is 4.31 Å². The van der Waals surface area contributed by atoms with Crippen molar-refractivity contribution in [2.24, 2.45) is 5.92 Å². The van der Waals surface area contributed by atoms with Gasteiger partial charge in [0.15, 0.2) is 0 Å². The van der Waals surface area contributed by atoms with Crippen molar-refractivity contribution in [3.05, 3.63) is 65.7 Å². The van der Waals surface area contributed by atoms with E-state index in [0.717, 1.165) is 11.1 Å². The largest absolute Gasteiger partial charge is 0.349 e. The number of nitrogens with zero attached hydrogens (tertiary/aromatic N) is 2. The zero-order valence-electron chi connectivity index (χ0n) is 18.4. The van der Waals surface area contributed by atoms with Crippen LogP contribution in [0.5, 0.6) is 0 Å². The van der Waals surface area contributed by atoms with E-state index in [9.17, 15) is 18.0 Å². The molecule has 2 saturated heterocycles. The molecule has 2 aromatic carbocycles. The highest BCUT2D eigenvalue weighted by molar-refractivity contribution is 7.89. The number of likely N-dealkylation sites (tertiary alicyclic amines) is 1. The Kier molecular flexibility index (Phi) is 6.35. The van der Waals surface area contributed by atoms with Gasteiger partial charge in [-0.1, -0.05) is 55.0 Å². The lowest BCUT2D eigenvalue weighted by Crippen LogP contribution is -2.50. The molecular weight excluding hydrogens is 426 g/mol. The van der Waals surface area contributed by atoms with Gasteiger partial charge in [0.25, 0.3) is 0 Å². The molecular formula is C24H29N3O4S. The van der Waals surface area contributed by atoms with Gasteiger partial charge in [-0.05, 0) is 37.5 Å². The van der Waals surface area contributed by atoms with E-state index < -0.39 is 16.1 Å². The number of aryl methyl sites for hydroxylation is 1. The maximum absolute atomic E-state index is 13.2. The molecule has 2 aliphatic rings. The maximum Gasteiger partial charge on any atom is 0.243 e. The van der Waals surface area contributed by atoms with Crippen LogP contribution in [0.25, 0.3) is 0 Å². The van der Waals surface area contributed by atoms with Gasteiger partial charge in [-0.3, -0.25) is 9.59 Å². The summed E-state index contributed by atoms with van der Waals surface area (Å²) in [5.41, 5.74) is 2.01. The van der Waals surface area contributed by atoms with Crippen LogP contribution in [0.2, 0.25) is 0 Å². The van der Waals surface area contributed by atoms with Crippen molar-refractivity contribution in [1.29, 1.82) is 0 Å². The van der Waals surface area contributed by atoms with Crippen LogP contribution in [0.4, 0.5) is 0 Å². The molecule has 1 N–H and O–H groups in total. The predicted molar refractivity (Wildman–Crippen MR) is 121 cm³/mol. The Balaban J connectivity index is 1.44. The summed E-state index contributed by atoms with van der Waals surface area (Å²) in [7, 11) is -3.76. The Hall–Kier alpha value is -2.71. The van der Waals surface area contributed by atoms with E-state index in [1.54, 1.807) is 29.2 Å². The minimum absolute atomic E-state index is 0.00490. The summed E-state index contributed by atoms with van der Waals surface area (Å²) in [6, 6.07) is 15.3. The second-order valence-corrected chi connectivity index (χ2v) is 10.6. The third-order valence-electron chi connectivity index (χ3n) is 6.40. The fourth-order valence-corrected chi connectivity index (χ4v) is 6.13. The molecule has 32 heavy (non-hydrogen) atoms. The molecule has 7 nitrogen and oxygen atoms in total. The summed E-state index contributed by atoms with van der Waals surface area (Å²) in [4.78, 5) is 27.8. The zero-order valence-corrected chi connectivity index (χ0v) is 19.2. The average Bonchev–Trinajstić information content (AvgIpc) is 3.37. The predicted octanol–water partition coefficient (Wildman–Crippen LogP) is 2.31. The van der Waals surface area contributed by atoms with Crippen LogP contribution in [0.3, 0.4) is 0 Å². The molecule has 0 radical (unpaired) electrons. The SMILES string of the molecule is Cc1ccc(S(=O)(=O)N2CCC[C@H]2C(=O)N[C@H]2CN(Cc3ccccc3)C(=O)[C@H]2C)cc1. The highest BCUT2D eigenvalue weighted by atomic mass is 32.2. The number of hydrogen-bond acceptors (Lipinski definition) is 4. The first-order valence-electron chi connectivity index (χ1n) is 11.0. The first kappa shape index (κ1) is 22.5. The molecule has 2 heterocycles. The fourth-order valence-electron chi connectivity index (χ4n) is 4.48. The number of sulfonamides is 1. The zero-order chi connectivity index (χ0) is 22.9. The van der Waals surface area contributed by atoms with Crippen LogP contribution >= 0.6 is 0 Å². The molecule has 8 heteroatoms. The quantitative estimate of drug-likeness (QED) is 0.724. The third-order valence-corrected chi connectivity index (χ3v) is 8.32. The molecule has 0 bridgehead atoms. The topological polar surface area (TPSA) is 86.8 Å². The minimum Gasteiger partial charge on any atom is -0.349 e. The molecule has 4 rings (SSSR count). The first-order chi connectivity index (χ1) is 15.3. The lowest BCUT2D eigenvalue weighted by molar-refractivity contribution is -0.131. The summed E-state index contributed by atoms with van der Waals surface area (Å²) in [5.74, 6) is -0.690. The van der Waals surface area contributed by atoms with E-state index in [1.807, 2.05) is 44.2 Å². The van der Waals surface area contributed by atoms with Crippen LogP contribution in [0, 0.1) is 12.8 Å². The van der Waals surface area contributed by atoms with Crippen molar-refractivity contribution in [2.75, 3.05) is 13.1 Å². The maximum atomic E-state index is 13.2. The Bertz CT molecular complexity index is 1090. The molecule has 3 atom stereocenters. The van der Waals surface area contributed by atoms with Gasteiger partial charge in [0.1, 0.15) is 6.04 Å². The minimum atomic E-state index is -3.76. The highest BCUT2D eigenvalue weighted by Crippen LogP contribution is 2.27. The smallest absolute Gasteiger partial charge is 0.243 e. The molecule has 2 amide bonds. The lowest BCUT2D eigenvalue weighted by Gasteiger charge is -2.25. The van der Waals surface area contributed by atoms with Gasteiger partial charge in [0.2, 0.25) is 21.8 Å². The summed E-state index contributed by atoms with van der Waals surface area (Å²) in [6.45, 7) is 4.93. The number of carbonyl (C=O) groups excluding carboxylic acids is 2. The van der Waals surface area contributed by atoms with E-state index in [2.05, 4.69) is 5.32 Å². The highest BCUT2D eigenvalue weighted by Gasteiger charge is 2.43. The number of hydrogen-bond donors (Lipinski definition) is 1. The van der Waals surface area contributed by atoms with E-state index in [0.29, 0.717) is 32.5 Å². The summed E-state index contributed by atoms with van der Waals surface area (Å²) >= 11 is 0. The van der Waals surface area contributed by atoms with Crippen LogP contribution in [-0.2, 0) is 26.2 Å². The van der Waals surface area contributed by atoms with Crippen molar-refractivity contribution >= 4 is 21.8 Å². The molecule has 170 valence electrons. The van der Waals surface area contributed by atoms with Gasteiger partial charge in [-0.15, -0.1) is 0 Å². The summed E-state index contributed by atoms with van der Waals surface area (Å²) in [6.07, 6.45) is 1.10. The van der Waals surface area contributed by atoms with Gasteiger partial charge >= 0.3 is 0 Å². The van der Waals surface area contributed by atoms with Gasteiger partial charge in [0.05, 0.1) is 16.9 Å². The second-order valence-electron chi connectivity index (χ2n) is 8.69. The van der Waals surface area contributed by atoms with E-state index in [-0.39, 0.29) is 28.7 Å². The molecule has 2 aromatic rings. The van der Waals surface area contributed by atoms with Crippen molar-refractivity contribution < 1.29 is 18.0 Å². The van der Waals surface area contributed by atoms with Crippen LogP contribution in [0.15, 0.2) is 59.5 Å². The monoisotopic (exact) mass is 455 g/mol. The first-order valence-corrected chi connectivity index (χ1v) is 12.4.